The van der Waals surface area contributed by atoms with E-state index < -0.39 is 17.6 Å². The Morgan fingerprint density at radius 3 is 2.68 bits per heavy atom. The molecule has 2 aromatic carbocycles. The molecule has 0 saturated carbocycles. The molecule has 0 fully saturated rings. The molecule has 6 nitrogen and oxygen atoms in total. The molecule has 0 aromatic heterocycles. The minimum absolute atomic E-state index is 0.214. The van der Waals surface area contributed by atoms with Crippen molar-refractivity contribution in [2.45, 2.75) is 32.4 Å². The number of nitriles is 1. The summed E-state index contributed by atoms with van der Waals surface area (Å²) in [5, 5.41) is 26.3. The number of hydrogen-bond acceptors (Lipinski definition) is 3. The van der Waals surface area contributed by atoms with Crippen LogP contribution in [0, 0.1) is 23.4 Å². The minimum atomic E-state index is -0.775. The number of halogens is 1. The molecule has 0 heterocycles. The van der Waals surface area contributed by atoms with Gasteiger partial charge in [-0.05, 0) is 47.2 Å². The predicted octanol–water partition coefficient (Wildman–Crippen LogP) is 4.41. The minimum Gasteiger partial charge on any atom is -0.390 e. The summed E-state index contributed by atoms with van der Waals surface area (Å²) in [7, 11) is 0. The first kappa shape index (κ1) is 19.7. The van der Waals surface area contributed by atoms with Crippen LogP contribution in [0.15, 0.2) is 47.5 Å². The summed E-state index contributed by atoms with van der Waals surface area (Å²) < 4.78 is 0. The fourth-order valence-electron chi connectivity index (χ4n) is 3.38. The number of rotatable bonds is 2. The van der Waals surface area contributed by atoms with E-state index in [4.69, 9.17) is 23.4 Å². The Morgan fingerprint density at radius 2 is 2.04 bits per heavy atom. The molecule has 0 spiro atoms. The van der Waals surface area contributed by atoms with Crippen LogP contribution in [0.25, 0.3) is 4.85 Å². The normalized spacial score (nSPS) is 20.4. The van der Waals surface area contributed by atoms with Gasteiger partial charge in [0.05, 0.1) is 12.7 Å². The number of nitrogens with zero attached hydrogens (tertiary/aromatic N) is 3. The molecule has 0 amide bonds. The summed E-state index contributed by atoms with van der Waals surface area (Å²) in [5.41, 5.74) is 2.63. The first-order chi connectivity index (χ1) is 13.3. The molecule has 2 aromatic rings. The molecule has 0 bridgehead atoms. The van der Waals surface area contributed by atoms with Crippen LogP contribution in [0.5, 0.6) is 0 Å². The zero-order chi connectivity index (χ0) is 20.3. The van der Waals surface area contributed by atoms with E-state index >= 15 is 0 Å². The topological polar surface area (TPSA) is 84.8 Å². The molecule has 28 heavy (non-hydrogen) atoms. The van der Waals surface area contributed by atoms with Crippen molar-refractivity contribution in [2.75, 3.05) is 5.32 Å². The van der Waals surface area contributed by atoms with Gasteiger partial charge in [-0.2, -0.15) is 5.26 Å². The van der Waals surface area contributed by atoms with Crippen LogP contribution < -0.4 is 10.6 Å². The van der Waals surface area contributed by atoms with E-state index in [9.17, 15) is 5.11 Å². The van der Waals surface area contributed by atoms with Gasteiger partial charge in [0.15, 0.2) is 11.9 Å². The lowest BCUT2D eigenvalue weighted by molar-refractivity contribution is 0.0199. The van der Waals surface area contributed by atoms with E-state index in [0.717, 1.165) is 11.1 Å². The molecule has 1 aliphatic carbocycles. The van der Waals surface area contributed by atoms with Gasteiger partial charge < -0.3 is 10.4 Å². The van der Waals surface area contributed by atoms with E-state index in [1.807, 2.05) is 26.1 Å². The molecule has 1 aliphatic rings. The number of fused-ring (bicyclic) bond motifs is 1. The first-order valence-corrected chi connectivity index (χ1v) is 9.15. The van der Waals surface area contributed by atoms with Crippen molar-refractivity contribution in [3.8, 4) is 6.19 Å². The van der Waals surface area contributed by atoms with Gasteiger partial charge in [0.1, 0.15) is 6.04 Å². The SMILES string of the molecule is [C-]#[N+]c1ccc2c(c1)C(N=C(NC#N)Nc1ccc(Cl)cc1)C(O)C(C)(C)C2. The second kappa shape index (κ2) is 7.90. The molecule has 2 atom stereocenters. The quantitative estimate of drug-likeness (QED) is 0.232. The third kappa shape index (κ3) is 4.09. The number of aliphatic imine (C=N–C) groups is 1. The largest absolute Gasteiger partial charge is 0.390 e. The van der Waals surface area contributed by atoms with Crippen LogP contribution in [-0.4, -0.2) is 17.2 Å². The van der Waals surface area contributed by atoms with Crippen LogP contribution in [0.2, 0.25) is 5.02 Å². The van der Waals surface area contributed by atoms with E-state index in [0.29, 0.717) is 22.8 Å². The van der Waals surface area contributed by atoms with Crippen molar-refractivity contribution in [3.63, 3.8) is 0 Å². The molecule has 2 unspecified atom stereocenters. The molecule has 0 radical (unpaired) electrons. The van der Waals surface area contributed by atoms with Crippen LogP contribution in [-0.2, 0) is 6.42 Å². The van der Waals surface area contributed by atoms with Crippen molar-refractivity contribution in [1.29, 1.82) is 5.26 Å². The zero-order valence-corrected chi connectivity index (χ0v) is 16.3. The highest BCUT2D eigenvalue weighted by atomic mass is 35.5. The van der Waals surface area contributed by atoms with Crippen molar-refractivity contribution in [2.24, 2.45) is 10.4 Å². The Hall–Kier alpha value is -3.06. The van der Waals surface area contributed by atoms with Crippen molar-refractivity contribution >= 4 is 28.9 Å². The lowest BCUT2D eigenvalue weighted by atomic mass is 9.70. The zero-order valence-electron chi connectivity index (χ0n) is 15.6. The van der Waals surface area contributed by atoms with Crippen LogP contribution >= 0.6 is 11.6 Å². The molecule has 7 heteroatoms. The molecule has 3 N–H and O–H groups in total. The Bertz CT molecular complexity index is 985. The predicted molar refractivity (Wildman–Crippen MR) is 110 cm³/mol. The van der Waals surface area contributed by atoms with Crippen molar-refractivity contribution in [1.82, 2.24) is 5.32 Å². The van der Waals surface area contributed by atoms with Gasteiger partial charge in [0.25, 0.3) is 0 Å². The summed E-state index contributed by atoms with van der Waals surface area (Å²) >= 11 is 5.92. The lowest BCUT2D eigenvalue weighted by Gasteiger charge is -2.40. The van der Waals surface area contributed by atoms with Crippen LogP contribution in [0.4, 0.5) is 11.4 Å². The Morgan fingerprint density at radius 1 is 1.32 bits per heavy atom. The number of guanidine groups is 1. The van der Waals surface area contributed by atoms with Gasteiger partial charge in [0, 0.05) is 10.7 Å². The maximum Gasteiger partial charge on any atom is 0.209 e. The highest BCUT2D eigenvalue weighted by Gasteiger charge is 2.41. The highest BCUT2D eigenvalue weighted by molar-refractivity contribution is 6.30. The first-order valence-electron chi connectivity index (χ1n) is 8.78. The lowest BCUT2D eigenvalue weighted by Crippen LogP contribution is -2.41. The van der Waals surface area contributed by atoms with E-state index in [1.54, 1.807) is 36.4 Å². The second-order valence-electron chi connectivity index (χ2n) is 7.40. The molecule has 0 aliphatic heterocycles. The summed E-state index contributed by atoms with van der Waals surface area (Å²) in [6, 6.07) is 11.8. The monoisotopic (exact) mass is 393 g/mol. The Balaban J connectivity index is 2.03. The Labute approximate surface area is 169 Å². The Kier molecular flexibility index (Phi) is 5.56. The fraction of sp³-hybridized carbons (Fsp3) is 0.286. The summed E-state index contributed by atoms with van der Waals surface area (Å²) in [6.45, 7) is 11.2. The average Bonchev–Trinajstić information content (AvgIpc) is 2.67. The number of aliphatic hydroxyl groups excluding tert-OH is 1. The van der Waals surface area contributed by atoms with E-state index in [1.165, 1.54) is 0 Å². The van der Waals surface area contributed by atoms with Gasteiger partial charge in [-0.15, -0.1) is 0 Å². The summed E-state index contributed by atoms with van der Waals surface area (Å²) in [6.07, 6.45) is 1.78. The van der Waals surface area contributed by atoms with Gasteiger partial charge in [-0.3, -0.25) is 5.32 Å². The summed E-state index contributed by atoms with van der Waals surface area (Å²) in [5.74, 6) is 0.214. The maximum atomic E-state index is 11.0. The molecule has 0 saturated heterocycles. The number of benzene rings is 2. The van der Waals surface area contributed by atoms with Crippen LogP contribution in [0.1, 0.15) is 31.0 Å². The van der Waals surface area contributed by atoms with Crippen LogP contribution in [0.3, 0.4) is 0 Å². The van der Waals surface area contributed by atoms with E-state index in [-0.39, 0.29) is 5.96 Å². The smallest absolute Gasteiger partial charge is 0.209 e. The number of aliphatic hydroxyl groups is 1. The van der Waals surface area contributed by atoms with Gasteiger partial charge in [-0.1, -0.05) is 43.6 Å². The number of nitrogens with one attached hydrogen (secondary N) is 2. The number of anilines is 1. The molecular formula is C21H20ClN5O. The maximum absolute atomic E-state index is 11.0. The van der Waals surface area contributed by atoms with Crippen molar-refractivity contribution < 1.29 is 5.11 Å². The third-order valence-corrected chi connectivity index (χ3v) is 5.12. The van der Waals surface area contributed by atoms with Gasteiger partial charge in [0.2, 0.25) is 5.96 Å². The second-order valence-corrected chi connectivity index (χ2v) is 7.83. The van der Waals surface area contributed by atoms with Crippen molar-refractivity contribution in [3.05, 3.63) is 70.0 Å². The standard InChI is InChI=1S/C21H20ClN5O/c1-21(2)11-13-4-7-16(24-3)10-17(13)18(19(21)28)27-20(25-12-23)26-15-8-5-14(22)6-9-15/h4-10,18-19,28H,11H2,1-2H3,(H2,25,26,27). The molecule has 142 valence electrons. The fourth-order valence-corrected chi connectivity index (χ4v) is 3.50. The van der Waals surface area contributed by atoms with Gasteiger partial charge >= 0.3 is 0 Å². The molecular weight excluding hydrogens is 374 g/mol. The van der Waals surface area contributed by atoms with E-state index in [2.05, 4.69) is 20.5 Å². The van der Waals surface area contributed by atoms with Gasteiger partial charge in [-0.25, -0.2) is 9.84 Å². The average molecular weight is 394 g/mol. The number of hydrogen-bond donors (Lipinski definition) is 3. The molecule has 3 rings (SSSR count). The third-order valence-electron chi connectivity index (χ3n) is 4.87. The highest BCUT2D eigenvalue weighted by Crippen LogP contribution is 2.44. The summed E-state index contributed by atoms with van der Waals surface area (Å²) in [4.78, 5) is 8.11.